The summed E-state index contributed by atoms with van der Waals surface area (Å²) in [5.41, 5.74) is 0. The van der Waals surface area contributed by atoms with Crippen molar-refractivity contribution in [3.05, 3.63) is 12.4 Å². The van der Waals surface area contributed by atoms with Crippen molar-refractivity contribution in [2.45, 2.75) is 58.7 Å². The smallest absolute Gasteiger partial charge is 0.218 e. The summed E-state index contributed by atoms with van der Waals surface area (Å²) in [6.45, 7) is 10.5. The lowest BCUT2D eigenvalue weighted by Gasteiger charge is -2.40. The van der Waals surface area contributed by atoms with Crippen LogP contribution in [0.3, 0.4) is 0 Å². The van der Waals surface area contributed by atoms with Crippen molar-refractivity contribution in [1.29, 1.82) is 0 Å². The summed E-state index contributed by atoms with van der Waals surface area (Å²) in [4.78, 5) is 11.0. The highest BCUT2D eigenvalue weighted by molar-refractivity contribution is 5.43. The van der Waals surface area contributed by atoms with Gasteiger partial charge in [0.2, 0.25) is 5.88 Å². The third-order valence-corrected chi connectivity index (χ3v) is 3.74. The van der Waals surface area contributed by atoms with E-state index < -0.39 is 0 Å². The van der Waals surface area contributed by atoms with Gasteiger partial charge < -0.3 is 15.0 Å². The van der Waals surface area contributed by atoms with Crippen LogP contribution in [0.2, 0.25) is 0 Å². The zero-order valence-corrected chi connectivity index (χ0v) is 13.0. The number of ether oxygens (including phenoxy) is 1. The third-order valence-electron chi connectivity index (χ3n) is 3.74. The van der Waals surface area contributed by atoms with Crippen molar-refractivity contribution >= 4 is 5.82 Å². The molecule has 0 radical (unpaired) electrons. The van der Waals surface area contributed by atoms with E-state index in [-0.39, 0.29) is 6.10 Å². The van der Waals surface area contributed by atoms with Gasteiger partial charge in [0.25, 0.3) is 0 Å². The van der Waals surface area contributed by atoms with E-state index in [0.717, 1.165) is 31.7 Å². The first-order chi connectivity index (χ1) is 9.63. The molecule has 1 aliphatic heterocycles. The Morgan fingerprint density at radius 1 is 1.35 bits per heavy atom. The molecule has 2 atom stereocenters. The lowest BCUT2D eigenvalue weighted by Crippen LogP contribution is -2.56. The van der Waals surface area contributed by atoms with Gasteiger partial charge in [-0.05, 0) is 26.7 Å². The first-order valence-corrected chi connectivity index (χ1v) is 7.62. The highest BCUT2D eigenvalue weighted by atomic mass is 16.5. The maximum absolute atomic E-state index is 5.67. The molecule has 1 aliphatic rings. The maximum atomic E-state index is 5.67. The topological polar surface area (TPSA) is 50.3 Å². The molecular formula is C15H26N4O. The van der Waals surface area contributed by atoms with E-state index in [4.69, 9.17) is 4.74 Å². The monoisotopic (exact) mass is 278 g/mol. The van der Waals surface area contributed by atoms with Crippen LogP contribution in [-0.4, -0.2) is 41.2 Å². The molecule has 112 valence electrons. The number of piperazine rings is 1. The van der Waals surface area contributed by atoms with Gasteiger partial charge in [0, 0.05) is 31.2 Å². The standard InChI is InChI=1S/C15H26N4O/c1-5-12-9-19(13(6-2)8-16-12)14-7-15(18-10-17-14)20-11(3)4/h7,10-13,16H,5-6,8-9H2,1-4H3. The molecule has 1 aromatic rings. The molecule has 1 saturated heterocycles. The highest BCUT2D eigenvalue weighted by Gasteiger charge is 2.27. The van der Waals surface area contributed by atoms with Crippen LogP contribution < -0.4 is 15.0 Å². The fraction of sp³-hybridized carbons (Fsp3) is 0.733. The first kappa shape index (κ1) is 15.0. The second-order valence-electron chi connectivity index (χ2n) is 5.61. The number of nitrogens with one attached hydrogen (secondary N) is 1. The Morgan fingerprint density at radius 3 is 2.80 bits per heavy atom. The van der Waals surface area contributed by atoms with E-state index in [1.54, 1.807) is 6.33 Å². The normalized spacial score (nSPS) is 23.1. The summed E-state index contributed by atoms with van der Waals surface area (Å²) in [5.74, 6) is 1.63. The third kappa shape index (κ3) is 3.60. The van der Waals surface area contributed by atoms with Crippen LogP contribution in [0.1, 0.15) is 40.5 Å². The summed E-state index contributed by atoms with van der Waals surface area (Å²) in [6.07, 6.45) is 3.97. The predicted octanol–water partition coefficient (Wildman–Crippen LogP) is 2.23. The van der Waals surface area contributed by atoms with Crippen LogP contribution in [0, 0.1) is 0 Å². The molecule has 5 nitrogen and oxygen atoms in total. The Balaban J connectivity index is 2.18. The number of nitrogens with zero attached hydrogens (tertiary/aromatic N) is 3. The van der Waals surface area contributed by atoms with E-state index in [1.165, 1.54) is 0 Å². The fourth-order valence-electron chi connectivity index (χ4n) is 2.58. The van der Waals surface area contributed by atoms with Crippen molar-refractivity contribution < 1.29 is 4.74 Å². The van der Waals surface area contributed by atoms with E-state index in [9.17, 15) is 0 Å². The zero-order chi connectivity index (χ0) is 14.5. The molecule has 2 heterocycles. The molecule has 1 fully saturated rings. The highest BCUT2D eigenvalue weighted by Crippen LogP contribution is 2.22. The van der Waals surface area contributed by atoms with E-state index >= 15 is 0 Å². The van der Waals surface area contributed by atoms with Gasteiger partial charge in [-0.3, -0.25) is 0 Å². The average molecular weight is 278 g/mol. The van der Waals surface area contributed by atoms with E-state index in [2.05, 4.69) is 34.0 Å². The summed E-state index contributed by atoms with van der Waals surface area (Å²) in [7, 11) is 0. The Hall–Kier alpha value is -1.36. The maximum Gasteiger partial charge on any atom is 0.218 e. The number of anilines is 1. The average Bonchev–Trinajstić information content (AvgIpc) is 2.46. The SMILES string of the molecule is CCC1CN(c2cc(OC(C)C)ncn2)C(CC)CN1. The minimum absolute atomic E-state index is 0.131. The van der Waals surface area contributed by atoms with E-state index in [1.807, 2.05) is 19.9 Å². The van der Waals surface area contributed by atoms with Crippen molar-refractivity contribution in [3.63, 3.8) is 0 Å². The van der Waals surface area contributed by atoms with Gasteiger partial charge in [0.1, 0.15) is 12.1 Å². The number of rotatable bonds is 5. The van der Waals surface area contributed by atoms with Gasteiger partial charge in [-0.15, -0.1) is 0 Å². The van der Waals surface area contributed by atoms with Gasteiger partial charge in [0.15, 0.2) is 0 Å². The van der Waals surface area contributed by atoms with Crippen LogP contribution in [0.4, 0.5) is 5.82 Å². The van der Waals surface area contributed by atoms with Gasteiger partial charge in [0.05, 0.1) is 6.10 Å². The molecule has 2 unspecified atom stereocenters. The summed E-state index contributed by atoms with van der Waals surface area (Å²) in [5, 5.41) is 3.60. The minimum atomic E-state index is 0.131. The van der Waals surface area contributed by atoms with Gasteiger partial charge in [-0.25, -0.2) is 9.97 Å². The molecule has 0 saturated carbocycles. The van der Waals surface area contributed by atoms with Gasteiger partial charge >= 0.3 is 0 Å². The predicted molar refractivity (Wildman–Crippen MR) is 81.3 cm³/mol. The van der Waals surface area contributed by atoms with Crippen molar-refractivity contribution in [2.24, 2.45) is 0 Å². The molecule has 1 N–H and O–H groups in total. The van der Waals surface area contributed by atoms with Gasteiger partial charge in [-0.2, -0.15) is 0 Å². The molecule has 0 bridgehead atoms. The summed E-state index contributed by atoms with van der Waals surface area (Å²) >= 11 is 0. The lowest BCUT2D eigenvalue weighted by molar-refractivity contribution is 0.232. The molecule has 20 heavy (non-hydrogen) atoms. The summed E-state index contributed by atoms with van der Waals surface area (Å²) in [6, 6.07) is 2.97. The molecule has 0 spiro atoms. The van der Waals surface area contributed by atoms with E-state index in [0.29, 0.717) is 18.0 Å². The lowest BCUT2D eigenvalue weighted by atomic mass is 10.1. The quantitative estimate of drug-likeness (QED) is 0.895. The van der Waals surface area contributed by atoms with Crippen LogP contribution in [0.15, 0.2) is 12.4 Å². The molecule has 0 amide bonds. The number of hydrogen-bond donors (Lipinski definition) is 1. The Kier molecular flexibility index (Phi) is 5.17. The number of hydrogen-bond acceptors (Lipinski definition) is 5. The number of aromatic nitrogens is 2. The first-order valence-electron chi connectivity index (χ1n) is 7.62. The minimum Gasteiger partial charge on any atom is -0.475 e. The van der Waals surface area contributed by atoms with Crippen molar-refractivity contribution in [3.8, 4) is 5.88 Å². The largest absolute Gasteiger partial charge is 0.475 e. The van der Waals surface area contributed by atoms with Crippen LogP contribution in [-0.2, 0) is 0 Å². The van der Waals surface area contributed by atoms with Crippen molar-refractivity contribution in [1.82, 2.24) is 15.3 Å². The Labute approximate surface area is 121 Å². The van der Waals surface area contributed by atoms with Crippen LogP contribution in [0.25, 0.3) is 0 Å². The molecular weight excluding hydrogens is 252 g/mol. The second kappa shape index (κ2) is 6.88. The fourth-order valence-corrected chi connectivity index (χ4v) is 2.58. The Morgan fingerprint density at radius 2 is 2.15 bits per heavy atom. The molecule has 5 heteroatoms. The van der Waals surface area contributed by atoms with Crippen LogP contribution in [0.5, 0.6) is 5.88 Å². The molecule has 1 aromatic heterocycles. The molecule has 0 aromatic carbocycles. The second-order valence-corrected chi connectivity index (χ2v) is 5.61. The summed E-state index contributed by atoms with van der Waals surface area (Å²) < 4.78 is 5.67. The van der Waals surface area contributed by atoms with Gasteiger partial charge in [-0.1, -0.05) is 13.8 Å². The zero-order valence-electron chi connectivity index (χ0n) is 13.0. The molecule has 2 rings (SSSR count). The Bertz CT molecular complexity index is 424. The molecule has 0 aliphatic carbocycles. The van der Waals surface area contributed by atoms with Crippen molar-refractivity contribution in [2.75, 3.05) is 18.0 Å². The van der Waals surface area contributed by atoms with Crippen LogP contribution >= 0.6 is 0 Å².